The maximum absolute atomic E-state index is 12.5. The molecule has 0 atom stereocenters. The molecule has 0 spiro atoms. The minimum absolute atomic E-state index is 0.0304. The third-order valence-corrected chi connectivity index (χ3v) is 3.97. The highest BCUT2D eigenvalue weighted by atomic mass is 19.3. The SMILES string of the molecule is O=C(/C=C/c1ccccc1OC(F)F)Nc1cccc(NC(=O)Nc2ccccc2)c1. The lowest BCUT2D eigenvalue weighted by molar-refractivity contribution is -0.111. The van der Waals surface area contributed by atoms with Crippen molar-refractivity contribution in [3.05, 3.63) is 90.5 Å². The molecule has 3 N–H and O–H groups in total. The molecule has 3 aromatic rings. The molecule has 0 unspecified atom stereocenters. The Hall–Kier alpha value is -4.20. The predicted molar refractivity (Wildman–Crippen MR) is 116 cm³/mol. The van der Waals surface area contributed by atoms with Crippen LogP contribution in [0.3, 0.4) is 0 Å². The van der Waals surface area contributed by atoms with Crippen LogP contribution in [0.25, 0.3) is 6.08 Å². The third kappa shape index (κ3) is 6.97. The average molecular weight is 423 g/mol. The highest BCUT2D eigenvalue weighted by Gasteiger charge is 2.08. The predicted octanol–water partition coefficient (Wildman–Crippen LogP) is 5.58. The molecule has 3 aromatic carbocycles. The summed E-state index contributed by atoms with van der Waals surface area (Å²) < 4.78 is 29.4. The number of alkyl halides is 2. The average Bonchev–Trinajstić information content (AvgIpc) is 2.73. The first-order chi connectivity index (χ1) is 15.0. The Bertz CT molecular complexity index is 1070. The van der Waals surface area contributed by atoms with Crippen LogP contribution in [0.1, 0.15) is 5.56 Å². The summed E-state index contributed by atoms with van der Waals surface area (Å²) in [5.74, 6) is -0.505. The van der Waals surface area contributed by atoms with E-state index in [1.165, 1.54) is 18.2 Å². The van der Waals surface area contributed by atoms with Crippen LogP contribution in [-0.4, -0.2) is 18.5 Å². The van der Waals surface area contributed by atoms with Crippen LogP contribution in [0.5, 0.6) is 5.75 Å². The van der Waals surface area contributed by atoms with Gasteiger partial charge in [0.05, 0.1) is 0 Å². The van der Waals surface area contributed by atoms with Crippen molar-refractivity contribution in [3.63, 3.8) is 0 Å². The molecular formula is C23H19F2N3O3. The fraction of sp³-hybridized carbons (Fsp3) is 0.0435. The number of halogens is 2. The summed E-state index contributed by atoms with van der Waals surface area (Å²) in [5, 5.41) is 8.02. The van der Waals surface area contributed by atoms with Gasteiger partial charge in [0.2, 0.25) is 5.91 Å². The quantitative estimate of drug-likeness (QED) is 0.434. The van der Waals surface area contributed by atoms with Gasteiger partial charge in [-0.15, -0.1) is 0 Å². The maximum Gasteiger partial charge on any atom is 0.387 e. The van der Waals surface area contributed by atoms with Crippen LogP contribution in [0.4, 0.5) is 30.6 Å². The van der Waals surface area contributed by atoms with Gasteiger partial charge in [-0.1, -0.05) is 42.5 Å². The smallest absolute Gasteiger partial charge is 0.387 e. The number of para-hydroxylation sites is 2. The minimum Gasteiger partial charge on any atom is -0.434 e. The minimum atomic E-state index is -2.96. The second kappa shape index (κ2) is 10.5. The van der Waals surface area contributed by atoms with Crippen molar-refractivity contribution in [2.24, 2.45) is 0 Å². The fourth-order valence-electron chi connectivity index (χ4n) is 2.66. The number of carbonyl (C=O) groups excluding carboxylic acids is 2. The van der Waals surface area contributed by atoms with Gasteiger partial charge >= 0.3 is 12.6 Å². The van der Waals surface area contributed by atoms with E-state index in [9.17, 15) is 18.4 Å². The monoisotopic (exact) mass is 423 g/mol. The molecule has 8 heteroatoms. The lowest BCUT2D eigenvalue weighted by Crippen LogP contribution is -2.19. The molecule has 31 heavy (non-hydrogen) atoms. The first-order valence-corrected chi connectivity index (χ1v) is 9.25. The zero-order chi connectivity index (χ0) is 22.1. The van der Waals surface area contributed by atoms with E-state index in [-0.39, 0.29) is 5.75 Å². The molecule has 0 aromatic heterocycles. The fourth-order valence-corrected chi connectivity index (χ4v) is 2.66. The van der Waals surface area contributed by atoms with Crippen LogP contribution in [0, 0.1) is 0 Å². The normalized spacial score (nSPS) is 10.7. The zero-order valence-electron chi connectivity index (χ0n) is 16.2. The van der Waals surface area contributed by atoms with Gasteiger partial charge in [0, 0.05) is 28.7 Å². The zero-order valence-corrected chi connectivity index (χ0v) is 16.2. The van der Waals surface area contributed by atoms with Crippen molar-refractivity contribution in [1.29, 1.82) is 0 Å². The van der Waals surface area contributed by atoms with Crippen LogP contribution < -0.4 is 20.7 Å². The van der Waals surface area contributed by atoms with Gasteiger partial charge in [-0.3, -0.25) is 4.79 Å². The van der Waals surface area contributed by atoms with Gasteiger partial charge < -0.3 is 20.7 Å². The maximum atomic E-state index is 12.5. The van der Waals surface area contributed by atoms with E-state index in [2.05, 4.69) is 20.7 Å². The van der Waals surface area contributed by atoms with Gasteiger partial charge in [0.15, 0.2) is 0 Å². The summed E-state index contributed by atoms with van der Waals surface area (Å²) in [4.78, 5) is 24.3. The Morgan fingerprint density at radius 1 is 0.774 bits per heavy atom. The largest absolute Gasteiger partial charge is 0.434 e. The Morgan fingerprint density at radius 3 is 2.13 bits per heavy atom. The van der Waals surface area contributed by atoms with Crippen molar-refractivity contribution in [2.75, 3.05) is 16.0 Å². The highest BCUT2D eigenvalue weighted by Crippen LogP contribution is 2.22. The molecule has 3 rings (SSSR count). The number of benzene rings is 3. The molecule has 0 bridgehead atoms. The van der Waals surface area contributed by atoms with Gasteiger partial charge in [-0.05, 0) is 42.5 Å². The molecule has 0 aliphatic carbocycles. The summed E-state index contributed by atoms with van der Waals surface area (Å²) in [6.07, 6.45) is 2.58. The summed E-state index contributed by atoms with van der Waals surface area (Å²) >= 11 is 0. The molecule has 0 saturated carbocycles. The van der Waals surface area contributed by atoms with Gasteiger partial charge in [-0.25, -0.2) is 4.79 Å². The van der Waals surface area contributed by atoms with E-state index >= 15 is 0 Å². The molecule has 6 nitrogen and oxygen atoms in total. The lowest BCUT2D eigenvalue weighted by atomic mass is 10.2. The highest BCUT2D eigenvalue weighted by molar-refractivity contribution is 6.03. The number of urea groups is 1. The van der Waals surface area contributed by atoms with Crippen molar-refractivity contribution in [3.8, 4) is 5.75 Å². The van der Waals surface area contributed by atoms with Crippen LogP contribution in [-0.2, 0) is 4.79 Å². The van der Waals surface area contributed by atoms with E-state index in [0.717, 1.165) is 0 Å². The number of rotatable bonds is 7. The van der Waals surface area contributed by atoms with Crippen LogP contribution >= 0.6 is 0 Å². The number of anilines is 3. The van der Waals surface area contributed by atoms with Gasteiger partial charge in [0.1, 0.15) is 5.75 Å². The van der Waals surface area contributed by atoms with Crippen molar-refractivity contribution < 1.29 is 23.1 Å². The molecule has 0 fully saturated rings. The Morgan fingerprint density at radius 2 is 1.39 bits per heavy atom. The summed E-state index contributed by atoms with van der Waals surface area (Å²) in [6, 6.07) is 21.3. The molecular weight excluding hydrogens is 404 g/mol. The number of hydrogen-bond acceptors (Lipinski definition) is 3. The van der Waals surface area contributed by atoms with E-state index < -0.39 is 18.5 Å². The molecule has 0 saturated heterocycles. The second-order valence-electron chi connectivity index (χ2n) is 6.26. The first kappa shape index (κ1) is 21.5. The van der Waals surface area contributed by atoms with E-state index in [1.807, 2.05) is 6.07 Å². The van der Waals surface area contributed by atoms with Gasteiger partial charge in [-0.2, -0.15) is 8.78 Å². The third-order valence-electron chi connectivity index (χ3n) is 3.97. The summed E-state index contributed by atoms with van der Waals surface area (Å²) in [7, 11) is 0. The number of amides is 3. The van der Waals surface area contributed by atoms with E-state index in [0.29, 0.717) is 22.6 Å². The first-order valence-electron chi connectivity index (χ1n) is 9.25. The molecule has 3 amide bonds. The topological polar surface area (TPSA) is 79.5 Å². The number of ether oxygens (including phenoxy) is 1. The van der Waals surface area contributed by atoms with Crippen LogP contribution in [0.15, 0.2) is 84.9 Å². The Kier molecular flexibility index (Phi) is 7.31. The summed E-state index contributed by atoms with van der Waals surface area (Å²) in [6.45, 7) is -2.96. The molecule has 0 radical (unpaired) electrons. The summed E-state index contributed by atoms with van der Waals surface area (Å²) in [5.41, 5.74) is 1.91. The number of hydrogen-bond donors (Lipinski definition) is 3. The van der Waals surface area contributed by atoms with Crippen molar-refractivity contribution in [2.45, 2.75) is 6.61 Å². The van der Waals surface area contributed by atoms with Crippen molar-refractivity contribution in [1.82, 2.24) is 0 Å². The van der Waals surface area contributed by atoms with Crippen molar-refractivity contribution >= 4 is 35.1 Å². The Balaban J connectivity index is 1.60. The standard InChI is InChI=1S/C23H19F2N3O3/c24-22(25)31-20-12-5-4-7-16(20)13-14-21(29)26-18-10-6-11-19(15-18)28-23(30)27-17-8-2-1-3-9-17/h1-15,22H,(H,26,29)(H2,27,28,30)/b14-13+. The van der Waals surface area contributed by atoms with Crippen LogP contribution in [0.2, 0.25) is 0 Å². The number of carbonyl (C=O) groups is 2. The molecule has 158 valence electrons. The molecule has 0 aliphatic rings. The second-order valence-corrected chi connectivity index (χ2v) is 6.26. The number of nitrogens with one attached hydrogen (secondary N) is 3. The Labute approximate surface area is 177 Å². The molecule has 0 aliphatic heterocycles. The van der Waals surface area contributed by atoms with E-state index in [1.54, 1.807) is 66.7 Å². The van der Waals surface area contributed by atoms with E-state index in [4.69, 9.17) is 0 Å². The molecule has 0 heterocycles. The lowest BCUT2D eigenvalue weighted by Gasteiger charge is -2.09. The van der Waals surface area contributed by atoms with Gasteiger partial charge in [0.25, 0.3) is 0 Å².